The minimum Gasteiger partial charge on any atom is -0.305 e. The fourth-order valence-corrected chi connectivity index (χ4v) is 4.16. The molecule has 6 nitrogen and oxygen atoms in total. The standard InChI is InChI=1S/C20H11Cl2N3O3/c1-24-16-8-15(13(22)7-14(16)23-20(24)28)25-18(26)10-4-2-3-9-12(21)6-5-11(17(9)10)19(25)27/h2-8H,1H3,(H,23,28). The van der Waals surface area contributed by atoms with Crippen molar-refractivity contribution in [3.8, 4) is 0 Å². The van der Waals surface area contributed by atoms with Crippen LogP contribution in [0.15, 0.2) is 47.3 Å². The van der Waals surface area contributed by atoms with E-state index >= 15 is 0 Å². The second-order valence-electron chi connectivity index (χ2n) is 6.58. The van der Waals surface area contributed by atoms with E-state index in [9.17, 15) is 14.4 Å². The van der Waals surface area contributed by atoms with Gasteiger partial charge in [0.1, 0.15) is 0 Å². The van der Waals surface area contributed by atoms with Gasteiger partial charge in [-0.25, -0.2) is 9.69 Å². The van der Waals surface area contributed by atoms with E-state index in [1.807, 2.05) is 0 Å². The van der Waals surface area contributed by atoms with Crippen LogP contribution in [-0.4, -0.2) is 21.4 Å². The fraction of sp³-hybridized carbons (Fsp3) is 0.0500. The van der Waals surface area contributed by atoms with E-state index in [0.29, 0.717) is 38.0 Å². The Morgan fingerprint density at radius 1 is 0.893 bits per heavy atom. The monoisotopic (exact) mass is 411 g/mol. The van der Waals surface area contributed by atoms with E-state index < -0.39 is 11.8 Å². The quantitative estimate of drug-likeness (QED) is 0.478. The number of hydrogen-bond acceptors (Lipinski definition) is 3. The molecule has 0 atom stereocenters. The van der Waals surface area contributed by atoms with Gasteiger partial charge in [-0.3, -0.25) is 14.2 Å². The van der Waals surface area contributed by atoms with Crippen LogP contribution in [0.4, 0.5) is 5.69 Å². The van der Waals surface area contributed by atoms with Gasteiger partial charge in [-0.15, -0.1) is 0 Å². The van der Waals surface area contributed by atoms with Gasteiger partial charge in [-0.1, -0.05) is 35.3 Å². The van der Waals surface area contributed by atoms with Crippen molar-refractivity contribution >= 4 is 62.5 Å². The Kier molecular flexibility index (Phi) is 3.47. The Labute approximate surface area is 167 Å². The lowest BCUT2D eigenvalue weighted by Crippen LogP contribution is -2.40. The maximum absolute atomic E-state index is 13.2. The van der Waals surface area contributed by atoms with E-state index in [1.54, 1.807) is 43.4 Å². The molecule has 2 amide bonds. The third-order valence-corrected chi connectivity index (χ3v) is 5.70. The molecule has 1 aliphatic heterocycles. The molecule has 1 aromatic heterocycles. The second-order valence-corrected chi connectivity index (χ2v) is 7.39. The van der Waals surface area contributed by atoms with Gasteiger partial charge in [0.25, 0.3) is 11.8 Å². The number of nitrogens with one attached hydrogen (secondary N) is 1. The van der Waals surface area contributed by atoms with Crippen molar-refractivity contribution in [2.75, 3.05) is 4.90 Å². The molecule has 138 valence electrons. The number of nitrogens with zero attached hydrogens (tertiary/aromatic N) is 2. The predicted molar refractivity (Wildman–Crippen MR) is 109 cm³/mol. The van der Waals surface area contributed by atoms with E-state index in [4.69, 9.17) is 23.2 Å². The molecular weight excluding hydrogens is 401 g/mol. The second kappa shape index (κ2) is 5.70. The highest BCUT2D eigenvalue weighted by molar-refractivity contribution is 6.43. The number of imide groups is 1. The molecule has 0 aliphatic carbocycles. The Morgan fingerprint density at radius 3 is 2.36 bits per heavy atom. The maximum atomic E-state index is 13.2. The Morgan fingerprint density at radius 2 is 1.61 bits per heavy atom. The molecule has 1 N–H and O–H groups in total. The first-order valence-electron chi connectivity index (χ1n) is 8.36. The number of rotatable bonds is 1. The lowest BCUT2D eigenvalue weighted by molar-refractivity contribution is 0.0893. The maximum Gasteiger partial charge on any atom is 0.326 e. The smallest absolute Gasteiger partial charge is 0.305 e. The number of H-pyrrole nitrogens is 1. The fourth-order valence-electron chi connectivity index (χ4n) is 3.69. The van der Waals surface area contributed by atoms with Gasteiger partial charge in [0.15, 0.2) is 0 Å². The highest BCUT2D eigenvalue weighted by Crippen LogP contribution is 2.38. The van der Waals surface area contributed by atoms with Crippen molar-refractivity contribution in [2.45, 2.75) is 0 Å². The molecular formula is C20H11Cl2N3O3. The summed E-state index contributed by atoms with van der Waals surface area (Å²) in [6, 6.07) is 11.5. The van der Waals surface area contributed by atoms with Gasteiger partial charge in [-0.05, 0) is 30.3 Å². The highest BCUT2D eigenvalue weighted by atomic mass is 35.5. The first-order valence-corrected chi connectivity index (χ1v) is 9.12. The molecule has 2 heterocycles. The molecule has 28 heavy (non-hydrogen) atoms. The van der Waals surface area contributed by atoms with Gasteiger partial charge in [0, 0.05) is 34.0 Å². The van der Waals surface area contributed by atoms with Crippen LogP contribution in [0, 0.1) is 0 Å². The number of benzene rings is 3. The van der Waals surface area contributed by atoms with E-state index in [-0.39, 0.29) is 16.4 Å². The number of amides is 2. The number of aromatic nitrogens is 2. The normalized spacial score (nSPS) is 13.8. The van der Waals surface area contributed by atoms with E-state index in [1.165, 1.54) is 10.6 Å². The topological polar surface area (TPSA) is 75.2 Å². The van der Waals surface area contributed by atoms with Gasteiger partial charge >= 0.3 is 5.69 Å². The molecule has 8 heteroatoms. The molecule has 0 fully saturated rings. The van der Waals surface area contributed by atoms with Crippen LogP contribution in [-0.2, 0) is 7.05 Å². The summed E-state index contributed by atoms with van der Waals surface area (Å²) in [5, 5.41) is 1.83. The van der Waals surface area contributed by atoms with Crippen LogP contribution in [0.25, 0.3) is 21.8 Å². The van der Waals surface area contributed by atoms with Crippen molar-refractivity contribution < 1.29 is 9.59 Å². The molecule has 0 saturated carbocycles. The third-order valence-electron chi connectivity index (χ3n) is 5.07. The zero-order chi connectivity index (χ0) is 19.7. The molecule has 0 radical (unpaired) electrons. The van der Waals surface area contributed by atoms with Crippen LogP contribution >= 0.6 is 23.2 Å². The number of anilines is 1. The SMILES string of the molecule is Cn1c(=O)[nH]c2cc(Cl)c(N3C(=O)c4cccc5c(Cl)ccc(c45)C3=O)cc21. The van der Waals surface area contributed by atoms with E-state index in [2.05, 4.69) is 4.98 Å². The Hall–Kier alpha value is -3.09. The van der Waals surface area contributed by atoms with Gasteiger partial charge in [0.2, 0.25) is 0 Å². The number of aryl methyl sites for hydroxylation is 1. The lowest BCUT2D eigenvalue weighted by Gasteiger charge is -2.28. The van der Waals surface area contributed by atoms with E-state index in [0.717, 1.165) is 4.90 Å². The molecule has 0 spiro atoms. The zero-order valence-corrected chi connectivity index (χ0v) is 15.9. The van der Waals surface area contributed by atoms with Crippen molar-refractivity contribution in [2.24, 2.45) is 7.05 Å². The van der Waals surface area contributed by atoms with Crippen molar-refractivity contribution in [3.63, 3.8) is 0 Å². The molecule has 3 aromatic carbocycles. The van der Waals surface area contributed by atoms with Crippen LogP contribution in [0.2, 0.25) is 10.0 Å². The molecule has 5 rings (SSSR count). The predicted octanol–water partition coefficient (Wildman–Crippen LogP) is 4.13. The third kappa shape index (κ3) is 2.13. The molecule has 0 bridgehead atoms. The summed E-state index contributed by atoms with van der Waals surface area (Å²) < 4.78 is 1.39. The number of aromatic amines is 1. The van der Waals surface area contributed by atoms with Gasteiger partial charge in [-0.2, -0.15) is 0 Å². The summed E-state index contributed by atoms with van der Waals surface area (Å²) in [5.74, 6) is -0.987. The molecule has 0 unspecified atom stereocenters. The van der Waals surface area contributed by atoms with Crippen LogP contribution < -0.4 is 10.6 Å². The highest BCUT2D eigenvalue weighted by Gasteiger charge is 2.35. The number of fused-ring (bicyclic) bond motifs is 1. The first-order chi connectivity index (χ1) is 13.4. The summed E-state index contributed by atoms with van der Waals surface area (Å²) in [6.07, 6.45) is 0. The van der Waals surface area contributed by atoms with Crippen molar-refractivity contribution in [1.29, 1.82) is 0 Å². The summed E-state index contributed by atoms with van der Waals surface area (Å²) in [6.45, 7) is 0. The number of carbonyl (C=O) groups is 2. The van der Waals surface area contributed by atoms with Crippen molar-refractivity contribution in [1.82, 2.24) is 9.55 Å². The summed E-state index contributed by atoms with van der Waals surface area (Å²) in [4.78, 5) is 42.1. The van der Waals surface area contributed by atoms with Crippen LogP contribution in [0.3, 0.4) is 0 Å². The Balaban J connectivity index is 1.80. The summed E-state index contributed by atoms with van der Waals surface area (Å²) in [7, 11) is 1.59. The van der Waals surface area contributed by atoms with Gasteiger partial charge < -0.3 is 4.98 Å². The largest absolute Gasteiger partial charge is 0.326 e. The summed E-state index contributed by atoms with van der Waals surface area (Å²) in [5.41, 5.74) is 1.70. The minimum absolute atomic E-state index is 0.181. The number of imidazole rings is 1. The summed E-state index contributed by atoms with van der Waals surface area (Å²) >= 11 is 12.6. The number of carbonyl (C=O) groups excluding carboxylic acids is 2. The van der Waals surface area contributed by atoms with Crippen LogP contribution in [0.1, 0.15) is 20.7 Å². The van der Waals surface area contributed by atoms with Crippen LogP contribution in [0.5, 0.6) is 0 Å². The molecule has 0 saturated heterocycles. The first kappa shape index (κ1) is 17.0. The van der Waals surface area contributed by atoms with Crippen molar-refractivity contribution in [3.05, 3.63) is 74.1 Å². The zero-order valence-electron chi connectivity index (χ0n) is 14.4. The van der Waals surface area contributed by atoms with Gasteiger partial charge in [0.05, 0.1) is 21.7 Å². The molecule has 4 aromatic rings. The number of halogens is 2. The molecule has 1 aliphatic rings. The average molecular weight is 412 g/mol. The minimum atomic E-state index is -0.493. The lowest BCUT2D eigenvalue weighted by atomic mass is 9.93. The average Bonchev–Trinajstić information content (AvgIpc) is 2.94. The Bertz CT molecular complexity index is 1400. The number of hydrogen-bond donors (Lipinski definition) is 1.